The van der Waals surface area contributed by atoms with Crippen LogP contribution in [0.4, 0.5) is 11.9 Å². The van der Waals surface area contributed by atoms with Crippen LogP contribution in [0.25, 0.3) is 0 Å². The Kier molecular flexibility index (Phi) is 4.45. The molecule has 8 heteroatoms. The van der Waals surface area contributed by atoms with Gasteiger partial charge in [-0.05, 0) is 13.8 Å². The van der Waals surface area contributed by atoms with Gasteiger partial charge in [-0.25, -0.2) is 4.98 Å². The summed E-state index contributed by atoms with van der Waals surface area (Å²) in [5.74, 6) is 0.956. The highest BCUT2D eigenvalue weighted by molar-refractivity contribution is 7.09. The molecule has 0 fully saturated rings. The van der Waals surface area contributed by atoms with E-state index in [0.717, 1.165) is 10.6 Å². The molecule has 2 rings (SSSR count). The SMILES string of the molecule is CCOc1nc(NC)nc(NCc2scnc2C)n1. The molecule has 0 bridgehead atoms. The molecule has 102 valence electrons. The number of nitrogens with one attached hydrogen (secondary N) is 2. The molecule has 0 spiro atoms. The predicted octanol–water partition coefficient (Wildman–Crippen LogP) is 1.69. The standard InChI is InChI=1S/C11H16N6OS/c1-4-18-11-16-9(12-3)15-10(17-11)13-5-8-7(2)14-6-19-8/h6H,4-5H2,1-3H3,(H2,12,13,15,16,17). The zero-order valence-corrected chi connectivity index (χ0v) is 11.9. The lowest BCUT2D eigenvalue weighted by atomic mass is 10.4. The number of aromatic nitrogens is 4. The number of thiazole rings is 1. The lowest BCUT2D eigenvalue weighted by Crippen LogP contribution is -2.09. The summed E-state index contributed by atoms with van der Waals surface area (Å²) in [4.78, 5) is 17.9. The van der Waals surface area contributed by atoms with Crippen molar-refractivity contribution < 1.29 is 4.74 Å². The number of aryl methyl sites for hydroxylation is 1. The zero-order valence-electron chi connectivity index (χ0n) is 11.1. The number of rotatable bonds is 6. The third kappa shape index (κ3) is 3.50. The molecule has 2 aromatic heterocycles. The van der Waals surface area contributed by atoms with Crippen molar-refractivity contribution in [1.82, 2.24) is 19.9 Å². The van der Waals surface area contributed by atoms with Crippen molar-refractivity contribution in [2.75, 3.05) is 24.3 Å². The summed E-state index contributed by atoms with van der Waals surface area (Å²) >= 11 is 1.60. The molecule has 2 N–H and O–H groups in total. The Morgan fingerprint density at radius 1 is 1.26 bits per heavy atom. The van der Waals surface area contributed by atoms with Gasteiger partial charge in [0.1, 0.15) is 0 Å². The maximum atomic E-state index is 5.30. The van der Waals surface area contributed by atoms with Crippen molar-refractivity contribution in [1.29, 1.82) is 0 Å². The smallest absolute Gasteiger partial charge is 0.323 e. The van der Waals surface area contributed by atoms with Crippen LogP contribution in [-0.2, 0) is 6.54 Å². The molecule has 0 saturated carbocycles. The molecular weight excluding hydrogens is 264 g/mol. The van der Waals surface area contributed by atoms with Crippen LogP contribution in [0.2, 0.25) is 0 Å². The summed E-state index contributed by atoms with van der Waals surface area (Å²) in [6.07, 6.45) is 0. The first-order valence-corrected chi connectivity index (χ1v) is 6.80. The van der Waals surface area contributed by atoms with E-state index in [9.17, 15) is 0 Å². The molecule has 7 nitrogen and oxygen atoms in total. The average Bonchev–Trinajstić information content (AvgIpc) is 2.82. The van der Waals surface area contributed by atoms with Gasteiger partial charge in [-0.3, -0.25) is 0 Å². The van der Waals surface area contributed by atoms with E-state index in [1.54, 1.807) is 18.4 Å². The molecule has 0 saturated heterocycles. The van der Waals surface area contributed by atoms with Crippen molar-refractivity contribution in [3.8, 4) is 6.01 Å². The molecule has 2 aromatic rings. The van der Waals surface area contributed by atoms with Crippen LogP contribution in [-0.4, -0.2) is 33.6 Å². The van der Waals surface area contributed by atoms with Crippen molar-refractivity contribution in [2.24, 2.45) is 0 Å². The second-order valence-electron chi connectivity index (χ2n) is 3.66. The predicted molar refractivity (Wildman–Crippen MR) is 74.7 cm³/mol. The average molecular weight is 280 g/mol. The fourth-order valence-corrected chi connectivity index (χ4v) is 2.11. The van der Waals surface area contributed by atoms with Crippen LogP contribution < -0.4 is 15.4 Å². The molecule has 19 heavy (non-hydrogen) atoms. The summed E-state index contributed by atoms with van der Waals surface area (Å²) < 4.78 is 5.30. The normalized spacial score (nSPS) is 10.3. The van der Waals surface area contributed by atoms with Crippen LogP contribution in [0, 0.1) is 6.92 Å². The van der Waals surface area contributed by atoms with Crippen LogP contribution in [0.5, 0.6) is 6.01 Å². The highest BCUT2D eigenvalue weighted by Crippen LogP contribution is 2.15. The summed E-state index contributed by atoms with van der Waals surface area (Å²) in [6.45, 7) is 5.01. The number of hydrogen-bond acceptors (Lipinski definition) is 8. The minimum atomic E-state index is 0.311. The fourth-order valence-electron chi connectivity index (χ4n) is 1.40. The zero-order chi connectivity index (χ0) is 13.7. The van der Waals surface area contributed by atoms with Crippen LogP contribution in [0.1, 0.15) is 17.5 Å². The third-order valence-electron chi connectivity index (χ3n) is 2.36. The van der Waals surface area contributed by atoms with E-state index in [1.807, 2.05) is 19.4 Å². The van der Waals surface area contributed by atoms with Gasteiger partial charge in [0.05, 0.1) is 24.4 Å². The Morgan fingerprint density at radius 3 is 2.68 bits per heavy atom. The van der Waals surface area contributed by atoms with Crippen molar-refractivity contribution in [3.05, 3.63) is 16.1 Å². The Hall–Kier alpha value is -1.96. The van der Waals surface area contributed by atoms with Crippen LogP contribution in [0.3, 0.4) is 0 Å². The summed E-state index contributed by atoms with van der Waals surface area (Å²) in [5.41, 5.74) is 2.84. The van der Waals surface area contributed by atoms with Gasteiger partial charge in [0.25, 0.3) is 0 Å². The topological polar surface area (TPSA) is 84.9 Å². The summed E-state index contributed by atoms with van der Waals surface area (Å²) in [6, 6.07) is 0.311. The molecule has 0 aromatic carbocycles. The van der Waals surface area contributed by atoms with Gasteiger partial charge in [0, 0.05) is 11.9 Å². The largest absolute Gasteiger partial charge is 0.464 e. The van der Waals surface area contributed by atoms with Gasteiger partial charge < -0.3 is 15.4 Å². The van der Waals surface area contributed by atoms with E-state index in [2.05, 4.69) is 30.6 Å². The summed E-state index contributed by atoms with van der Waals surface area (Å²) in [5, 5.41) is 6.03. The second-order valence-corrected chi connectivity index (χ2v) is 4.60. The Balaban J connectivity index is 2.10. The first-order chi connectivity index (χ1) is 9.22. The van der Waals surface area contributed by atoms with Gasteiger partial charge >= 0.3 is 6.01 Å². The maximum Gasteiger partial charge on any atom is 0.323 e. The number of ether oxygens (including phenoxy) is 1. The van der Waals surface area contributed by atoms with E-state index in [0.29, 0.717) is 31.1 Å². The Morgan fingerprint density at radius 2 is 2.05 bits per heavy atom. The highest BCUT2D eigenvalue weighted by atomic mass is 32.1. The van der Waals surface area contributed by atoms with Crippen molar-refractivity contribution >= 4 is 23.2 Å². The lowest BCUT2D eigenvalue weighted by Gasteiger charge is -2.08. The minimum Gasteiger partial charge on any atom is -0.464 e. The Bertz CT molecular complexity index is 544. The van der Waals surface area contributed by atoms with Gasteiger partial charge in [-0.15, -0.1) is 11.3 Å². The monoisotopic (exact) mass is 280 g/mol. The molecule has 0 amide bonds. The van der Waals surface area contributed by atoms with Crippen molar-refractivity contribution in [2.45, 2.75) is 20.4 Å². The molecule has 0 atom stereocenters. The second kappa shape index (κ2) is 6.28. The van der Waals surface area contributed by atoms with Gasteiger partial charge in [0.2, 0.25) is 11.9 Å². The van der Waals surface area contributed by atoms with Gasteiger partial charge in [0.15, 0.2) is 0 Å². The first-order valence-electron chi connectivity index (χ1n) is 5.92. The van der Waals surface area contributed by atoms with Crippen LogP contribution in [0.15, 0.2) is 5.51 Å². The van der Waals surface area contributed by atoms with Crippen LogP contribution >= 0.6 is 11.3 Å². The molecule has 0 aliphatic heterocycles. The Labute approximate surface area is 115 Å². The first kappa shape index (κ1) is 13.5. The van der Waals surface area contributed by atoms with Gasteiger partial charge in [-0.1, -0.05) is 0 Å². The van der Waals surface area contributed by atoms with E-state index >= 15 is 0 Å². The number of nitrogens with zero attached hydrogens (tertiary/aromatic N) is 4. The molecule has 2 heterocycles. The van der Waals surface area contributed by atoms with Gasteiger partial charge in [-0.2, -0.15) is 15.0 Å². The number of anilines is 2. The summed E-state index contributed by atoms with van der Waals surface area (Å²) in [7, 11) is 1.75. The van der Waals surface area contributed by atoms with E-state index in [4.69, 9.17) is 4.74 Å². The number of hydrogen-bond donors (Lipinski definition) is 2. The molecule has 0 aliphatic carbocycles. The minimum absolute atomic E-state index is 0.311. The van der Waals surface area contributed by atoms with E-state index in [1.165, 1.54) is 0 Å². The maximum absolute atomic E-state index is 5.30. The molecular formula is C11H16N6OS. The molecule has 0 aliphatic rings. The van der Waals surface area contributed by atoms with Crippen molar-refractivity contribution in [3.63, 3.8) is 0 Å². The lowest BCUT2D eigenvalue weighted by molar-refractivity contribution is 0.312. The fraction of sp³-hybridized carbons (Fsp3) is 0.455. The van der Waals surface area contributed by atoms with E-state index < -0.39 is 0 Å². The molecule has 0 radical (unpaired) electrons. The quantitative estimate of drug-likeness (QED) is 0.832. The third-order valence-corrected chi connectivity index (χ3v) is 3.30. The highest BCUT2D eigenvalue weighted by Gasteiger charge is 2.07. The molecule has 0 unspecified atom stereocenters. The van der Waals surface area contributed by atoms with E-state index in [-0.39, 0.29) is 0 Å².